The lowest BCUT2D eigenvalue weighted by Gasteiger charge is -2.06. The minimum Gasteiger partial charge on any atom is -0.352 e. The first-order valence-corrected chi connectivity index (χ1v) is 8.77. The molecule has 2 N–H and O–H groups in total. The van der Waals surface area contributed by atoms with E-state index in [1.165, 1.54) is 23.5 Å². The molecule has 0 saturated heterocycles. The zero-order valence-corrected chi connectivity index (χ0v) is 14.9. The molecule has 0 radical (unpaired) electrons. The van der Waals surface area contributed by atoms with Crippen molar-refractivity contribution in [3.05, 3.63) is 69.0 Å². The Morgan fingerprint density at radius 1 is 1.23 bits per heavy atom. The fraction of sp³-hybridized carbons (Fsp3) is 0.0588. The Morgan fingerprint density at radius 3 is 2.81 bits per heavy atom. The van der Waals surface area contributed by atoms with Gasteiger partial charge in [0.25, 0.3) is 5.69 Å². The molecule has 1 heterocycles. The topological polar surface area (TPSA) is 97.2 Å². The molecule has 0 aliphatic heterocycles. The van der Waals surface area contributed by atoms with Gasteiger partial charge in [0.2, 0.25) is 5.91 Å². The summed E-state index contributed by atoms with van der Waals surface area (Å²) in [4.78, 5) is 26.7. The molecule has 0 fully saturated rings. The van der Waals surface area contributed by atoms with Crippen LogP contribution < -0.4 is 10.6 Å². The quantitative estimate of drug-likeness (QED) is 0.481. The van der Waals surface area contributed by atoms with Gasteiger partial charge in [-0.05, 0) is 18.2 Å². The molecule has 0 bridgehead atoms. The van der Waals surface area contributed by atoms with Gasteiger partial charge >= 0.3 is 0 Å². The van der Waals surface area contributed by atoms with Crippen LogP contribution in [0.25, 0.3) is 11.3 Å². The molecular weight excluding hydrogens is 376 g/mol. The fourth-order valence-electron chi connectivity index (χ4n) is 2.19. The van der Waals surface area contributed by atoms with Crippen LogP contribution in [0.2, 0.25) is 5.02 Å². The van der Waals surface area contributed by atoms with Crippen LogP contribution in [0.1, 0.15) is 0 Å². The van der Waals surface area contributed by atoms with Gasteiger partial charge in [0.05, 0.1) is 17.2 Å². The van der Waals surface area contributed by atoms with Gasteiger partial charge in [0.1, 0.15) is 0 Å². The van der Waals surface area contributed by atoms with Crippen LogP contribution in [0.4, 0.5) is 16.5 Å². The van der Waals surface area contributed by atoms with Gasteiger partial charge < -0.3 is 10.6 Å². The molecule has 1 amide bonds. The Kier molecular flexibility index (Phi) is 5.45. The summed E-state index contributed by atoms with van der Waals surface area (Å²) in [5.74, 6) is -0.237. The van der Waals surface area contributed by atoms with Crippen molar-refractivity contribution in [2.45, 2.75) is 0 Å². The van der Waals surface area contributed by atoms with Gasteiger partial charge in [0.15, 0.2) is 5.13 Å². The number of anilines is 2. The van der Waals surface area contributed by atoms with Crippen LogP contribution in [-0.4, -0.2) is 22.4 Å². The highest BCUT2D eigenvalue weighted by atomic mass is 35.5. The van der Waals surface area contributed by atoms with Gasteiger partial charge in [-0.3, -0.25) is 14.9 Å². The number of aromatic nitrogens is 1. The summed E-state index contributed by atoms with van der Waals surface area (Å²) in [6, 6.07) is 13.1. The van der Waals surface area contributed by atoms with Crippen molar-refractivity contribution in [3.63, 3.8) is 0 Å². The molecule has 132 valence electrons. The van der Waals surface area contributed by atoms with E-state index in [0.29, 0.717) is 27.1 Å². The summed E-state index contributed by atoms with van der Waals surface area (Å²) in [5, 5.41) is 19.4. The van der Waals surface area contributed by atoms with E-state index in [4.69, 9.17) is 11.6 Å². The molecule has 0 aliphatic rings. The Bertz CT molecular complexity index is 960. The highest BCUT2D eigenvalue weighted by Gasteiger charge is 2.10. The van der Waals surface area contributed by atoms with Crippen molar-refractivity contribution in [3.8, 4) is 11.3 Å². The molecule has 9 heteroatoms. The average molecular weight is 389 g/mol. The SMILES string of the molecule is O=C(CNc1nc(-c2cccc([N+](=O)[O-])c2)cs1)Nc1cccc(Cl)c1. The number of carbonyl (C=O) groups excluding carboxylic acids is 1. The Labute approximate surface area is 157 Å². The predicted molar refractivity (Wildman–Crippen MR) is 103 cm³/mol. The zero-order chi connectivity index (χ0) is 18.5. The number of hydrogen-bond donors (Lipinski definition) is 2. The minimum atomic E-state index is -0.449. The van der Waals surface area contributed by atoms with Crippen molar-refractivity contribution in [2.75, 3.05) is 17.2 Å². The van der Waals surface area contributed by atoms with Crippen LogP contribution in [-0.2, 0) is 4.79 Å². The Balaban J connectivity index is 1.61. The lowest BCUT2D eigenvalue weighted by atomic mass is 10.1. The molecule has 0 aliphatic carbocycles. The smallest absolute Gasteiger partial charge is 0.270 e. The van der Waals surface area contributed by atoms with Crippen molar-refractivity contribution in [1.82, 2.24) is 4.98 Å². The molecule has 7 nitrogen and oxygen atoms in total. The van der Waals surface area contributed by atoms with Crippen LogP contribution >= 0.6 is 22.9 Å². The summed E-state index contributed by atoms with van der Waals surface area (Å²) < 4.78 is 0. The number of benzene rings is 2. The number of amides is 1. The first-order valence-electron chi connectivity index (χ1n) is 7.51. The van der Waals surface area contributed by atoms with E-state index in [1.807, 2.05) is 0 Å². The largest absolute Gasteiger partial charge is 0.352 e. The number of hydrogen-bond acceptors (Lipinski definition) is 6. The molecule has 2 aromatic carbocycles. The summed E-state index contributed by atoms with van der Waals surface area (Å²) in [6.07, 6.45) is 0. The summed E-state index contributed by atoms with van der Waals surface area (Å²) in [7, 11) is 0. The number of nitro benzene ring substituents is 1. The maximum atomic E-state index is 12.0. The fourth-order valence-corrected chi connectivity index (χ4v) is 3.10. The van der Waals surface area contributed by atoms with Gasteiger partial charge in [-0.1, -0.05) is 29.8 Å². The third-order valence-electron chi connectivity index (χ3n) is 3.37. The predicted octanol–water partition coefficient (Wildman–Crippen LogP) is 4.42. The molecule has 0 spiro atoms. The van der Waals surface area contributed by atoms with Crippen LogP contribution in [0.5, 0.6) is 0 Å². The molecule has 0 atom stereocenters. The summed E-state index contributed by atoms with van der Waals surface area (Å²) in [5.41, 5.74) is 1.87. The van der Waals surface area contributed by atoms with Gasteiger partial charge in [0, 0.05) is 33.8 Å². The molecule has 3 aromatic rings. The highest BCUT2D eigenvalue weighted by Crippen LogP contribution is 2.27. The Morgan fingerprint density at radius 2 is 2.04 bits per heavy atom. The molecular formula is C17H13ClN4O3S. The van der Waals surface area contributed by atoms with Gasteiger partial charge in [-0.25, -0.2) is 4.98 Å². The standard InChI is InChI=1S/C17H13ClN4O3S/c18-12-4-2-5-13(8-12)20-16(23)9-19-17-21-15(10-26-17)11-3-1-6-14(7-11)22(24)25/h1-8,10H,9H2,(H,19,21)(H,20,23). The zero-order valence-electron chi connectivity index (χ0n) is 13.3. The first kappa shape index (κ1) is 17.8. The van der Waals surface area contributed by atoms with E-state index < -0.39 is 4.92 Å². The lowest BCUT2D eigenvalue weighted by molar-refractivity contribution is -0.384. The third-order valence-corrected chi connectivity index (χ3v) is 4.40. The van der Waals surface area contributed by atoms with Crippen LogP contribution in [0.3, 0.4) is 0 Å². The van der Waals surface area contributed by atoms with Gasteiger partial charge in [-0.2, -0.15) is 0 Å². The van der Waals surface area contributed by atoms with E-state index in [9.17, 15) is 14.9 Å². The second-order valence-corrected chi connectivity index (χ2v) is 6.55. The summed E-state index contributed by atoms with van der Waals surface area (Å²) in [6.45, 7) is 0.0361. The molecule has 0 unspecified atom stereocenters. The molecule has 0 saturated carbocycles. The highest BCUT2D eigenvalue weighted by molar-refractivity contribution is 7.14. The van der Waals surface area contributed by atoms with E-state index >= 15 is 0 Å². The minimum absolute atomic E-state index is 0.00547. The second-order valence-electron chi connectivity index (χ2n) is 5.26. The summed E-state index contributed by atoms with van der Waals surface area (Å²) >= 11 is 7.19. The number of halogens is 1. The molecule has 26 heavy (non-hydrogen) atoms. The number of rotatable bonds is 6. The number of nitro groups is 1. The van der Waals surface area contributed by atoms with E-state index in [2.05, 4.69) is 15.6 Å². The first-order chi connectivity index (χ1) is 12.5. The van der Waals surface area contributed by atoms with Gasteiger partial charge in [-0.15, -0.1) is 11.3 Å². The van der Waals surface area contributed by atoms with Crippen LogP contribution in [0, 0.1) is 10.1 Å². The van der Waals surface area contributed by atoms with Crippen molar-refractivity contribution >= 4 is 45.4 Å². The number of nitrogens with one attached hydrogen (secondary N) is 2. The number of thiazole rings is 1. The Hall–Kier alpha value is -2.97. The lowest BCUT2D eigenvalue weighted by Crippen LogP contribution is -2.21. The number of carbonyl (C=O) groups is 1. The monoisotopic (exact) mass is 388 g/mol. The maximum absolute atomic E-state index is 12.0. The van der Waals surface area contributed by atoms with E-state index in [0.717, 1.165) is 0 Å². The second kappa shape index (κ2) is 7.94. The third kappa shape index (κ3) is 4.56. The normalized spacial score (nSPS) is 10.3. The van der Waals surface area contributed by atoms with Crippen molar-refractivity contribution in [2.24, 2.45) is 0 Å². The van der Waals surface area contributed by atoms with E-state index in [-0.39, 0.29) is 18.1 Å². The molecule has 3 rings (SSSR count). The molecule has 1 aromatic heterocycles. The van der Waals surface area contributed by atoms with Crippen molar-refractivity contribution < 1.29 is 9.72 Å². The van der Waals surface area contributed by atoms with Crippen LogP contribution in [0.15, 0.2) is 53.9 Å². The number of nitrogens with zero attached hydrogens (tertiary/aromatic N) is 2. The number of non-ortho nitro benzene ring substituents is 1. The maximum Gasteiger partial charge on any atom is 0.270 e. The van der Waals surface area contributed by atoms with E-state index in [1.54, 1.807) is 41.8 Å². The van der Waals surface area contributed by atoms with Crippen molar-refractivity contribution in [1.29, 1.82) is 0 Å². The average Bonchev–Trinajstić information content (AvgIpc) is 3.09.